The Labute approximate surface area is 226 Å². The molecule has 39 heavy (non-hydrogen) atoms. The molecule has 12 heteroatoms. The molecule has 3 rings (SSSR count). The second-order valence-corrected chi connectivity index (χ2v) is 9.72. The topological polar surface area (TPSA) is 151 Å². The van der Waals surface area contributed by atoms with Gasteiger partial charge in [-0.05, 0) is 49.0 Å². The third kappa shape index (κ3) is 8.00. The smallest absolute Gasteiger partial charge is 0.407 e. The first kappa shape index (κ1) is 29.1. The third-order valence-electron chi connectivity index (χ3n) is 5.86. The summed E-state index contributed by atoms with van der Waals surface area (Å²) < 4.78 is 6.06. The van der Waals surface area contributed by atoms with Crippen molar-refractivity contribution >= 4 is 34.6 Å². The van der Waals surface area contributed by atoms with Gasteiger partial charge >= 0.3 is 6.09 Å². The number of anilines is 1. The second-order valence-electron chi connectivity index (χ2n) is 9.72. The summed E-state index contributed by atoms with van der Waals surface area (Å²) in [6.45, 7) is 4.41. The minimum atomic E-state index is -0.994. The molecule has 3 amide bonds. The molecule has 1 atom stereocenters. The van der Waals surface area contributed by atoms with E-state index in [9.17, 15) is 19.2 Å². The largest absolute Gasteiger partial charge is 0.453 e. The number of fused-ring (bicyclic) bond motifs is 1. The molecule has 0 aliphatic carbocycles. The van der Waals surface area contributed by atoms with Crippen LogP contribution in [0.3, 0.4) is 0 Å². The molecule has 0 saturated heterocycles. The van der Waals surface area contributed by atoms with Gasteiger partial charge in [0.1, 0.15) is 17.6 Å². The van der Waals surface area contributed by atoms with Crippen LogP contribution in [0.4, 0.5) is 10.5 Å². The fourth-order valence-corrected chi connectivity index (χ4v) is 3.91. The number of amides is 3. The first-order valence-corrected chi connectivity index (χ1v) is 12.6. The molecule has 3 aromatic rings. The van der Waals surface area contributed by atoms with Crippen molar-refractivity contribution in [2.45, 2.75) is 45.7 Å². The molecule has 0 saturated carbocycles. The number of carbonyl (C=O) groups excluding carboxylic acids is 3. The van der Waals surface area contributed by atoms with Crippen molar-refractivity contribution in [2.24, 2.45) is 5.92 Å². The lowest BCUT2D eigenvalue weighted by atomic mass is 10.0. The predicted octanol–water partition coefficient (Wildman–Crippen LogP) is 2.45. The molecule has 0 aliphatic rings. The van der Waals surface area contributed by atoms with Crippen LogP contribution < -0.4 is 16.2 Å². The van der Waals surface area contributed by atoms with E-state index in [-0.39, 0.29) is 24.6 Å². The number of methoxy groups -OCH3 is 1. The fraction of sp³-hybridized carbons (Fsp3) is 0.407. The second kappa shape index (κ2) is 13.4. The summed E-state index contributed by atoms with van der Waals surface area (Å²) >= 11 is 0. The predicted molar refractivity (Wildman–Crippen MR) is 147 cm³/mol. The lowest BCUT2D eigenvalue weighted by Gasteiger charge is -2.17. The number of imidazole rings is 1. The van der Waals surface area contributed by atoms with Crippen LogP contribution in [-0.4, -0.2) is 69.6 Å². The minimum Gasteiger partial charge on any atom is -0.453 e. The molecule has 3 N–H and O–H groups in total. The van der Waals surface area contributed by atoms with E-state index in [4.69, 9.17) is 4.98 Å². The Morgan fingerprint density at radius 1 is 1.23 bits per heavy atom. The van der Waals surface area contributed by atoms with E-state index in [1.165, 1.54) is 28.7 Å². The zero-order valence-corrected chi connectivity index (χ0v) is 22.9. The molecule has 3 heterocycles. The highest BCUT2D eigenvalue weighted by Crippen LogP contribution is 2.18. The van der Waals surface area contributed by atoms with E-state index in [0.29, 0.717) is 18.2 Å². The number of rotatable bonds is 11. The zero-order chi connectivity index (χ0) is 28.5. The molecule has 0 fully saturated rings. The van der Waals surface area contributed by atoms with Crippen molar-refractivity contribution in [3.8, 4) is 0 Å². The van der Waals surface area contributed by atoms with E-state index in [2.05, 4.69) is 39.2 Å². The average molecular weight is 538 g/mol. The van der Waals surface area contributed by atoms with Crippen molar-refractivity contribution in [2.75, 3.05) is 26.5 Å². The summed E-state index contributed by atoms with van der Waals surface area (Å²) in [5, 5.41) is 5.08. The Kier molecular flexibility index (Phi) is 9.96. The van der Waals surface area contributed by atoms with Crippen LogP contribution in [0.5, 0.6) is 0 Å². The monoisotopic (exact) mass is 537 g/mol. The Morgan fingerprint density at radius 3 is 2.69 bits per heavy atom. The minimum absolute atomic E-state index is 0.0516. The first-order chi connectivity index (χ1) is 18.6. The van der Waals surface area contributed by atoms with Crippen molar-refractivity contribution in [1.82, 2.24) is 29.7 Å². The molecule has 0 spiro atoms. The number of H-pyrrole nitrogens is 1. The van der Waals surface area contributed by atoms with Gasteiger partial charge in [0.15, 0.2) is 0 Å². The molecule has 0 bridgehead atoms. The highest BCUT2D eigenvalue weighted by Gasteiger charge is 2.22. The van der Waals surface area contributed by atoms with E-state index < -0.39 is 23.6 Å². The molecule has 3 aromatic heterocycles. The Morgan fingerprint density at radius 2 is 2.00 bits per heavy atom. The SMILES string of the molecule is COC(=O)N[C@@H](CC/C=C/C(=O)N(C)C)C(=O)Nc1cccn(Cc2nc3c(CC(C)C)cncc3[nH]2)c1=O. The van der Waals surface area contributed by atoms with E-state index in [1.54, 1.807) is 38.6 Å². The molecule has 208 valence electrons. The quantitative estimate of drug-likeness (QED) is 0.318. The molecular weight excluding hydrogens is 502 g/mol. The maximum absolute atomic E-state index is 13.2. The van der Waals surface area contributed by atoms with Gasteiger partial charge in [0.2, 0.25) is 11.8 Å². The molecule has 0 aliphatic heterocycles. The lowest BCUT2D eigenvalue weighted by Crippen LogP contribution is -2.44. The molecule has 12 nitrogen and oxygen atoms in total. The molecule has 0 aromatic carbocycles. The zero-order valence-electron chi connectivity index (χ0n) is 22.9. The van der Waals surface area contributed by atoms with Crippen molar-refractivity contribution < 1.29 is 19.1 Å². The van der Waals surface area contributed by atoms with Gasteiger partial charge in [-0.25, -0.2) is 9.78 Å². The summed E-state index contributed by atoms with van der Waals surface area (Å²) in [6, 6.07) is 2.14. The first-order valence-electron chi connectivity index (χ1n) is 12.6. The molecular formula is C27H35N7O5. The van der Waals surface area contributed by atoms with Crippen LogP contribution in [0, 0.1) is 5.92 Å². The van der Waals surface area contributed by atoms with Gasteiger partial charge in [-0.2, -0.15) is 0 Å². The van der Waals surface area contributed by atoms with Gasteiger partial charge in [0, 0.05) is 26.5 Å². The third-order valence-corrected chi connectivity index (χ3v) is 5.86. The van der Waals surface area contributed by atoms with Gasteiger partial charge in [-0.3, -0.25) is 19.4 Å². The Hall–Kier alpha value is -4.48. The number of likely N-dealkylation sites (N-methyl/N-ethyl adjacent to an activating group) is 1. The number of nitrogens with zero attached hydrogens (tertiary/aromatic N) is 4. The number of aromatic amines is 1. The number of alkyl carbamates (subject to hydrolysis) is 1. The number of nitrogens with one attached hydrogen (secondary N) is 3. The van der Waals surface area contributed by atoms with Crippen molar-refractivity contribution in [3.63, 3.8) is 0 Å². The number of aromatic nitrogens is 4. The summed E-state index contributed by atoms with van der Waals surface area (Å²) in [5.41, 5.74) is 2.27. The number of carbonyl (C=O) groups is 3. The number of allylic oxidation sites excluding steroid dienone is 1. The Balaban J connectivity index is 1.75. The number of pyridine rings is 2. The van der Waals surface area contributed by atoms with Gasteiger partial charge in [-0.15, -0.1) is 0 Å². The maximum Gasteiger partial charge on any atom is 0.407 e. The highest BCUT2D eigenvalue weighted by atomic mass is 16.5. The average Bonchev–Trinajstić information content (AvgIpc) is 3.31. The number of hydrogen-bond acceptors (Lipinski definition) is 7. The van der Waals surface area contributed by atoms with E-state index in [1.807, 2.05) is 6.20 Å². The van der Waals surface area contributed by atoms with Gasteiger partial charge in [-0.1, -0.05) is 19.9 Å². The molecule has 0 radical (unpaired) electrons. The summed E-state index contributed by atoms with van der Waals surface area (Å²) in [6.07, 6.45) is 8.69. The van der Waals surface area contributed by atoms with Gasteiger partial charge in [0.25, 0.3) is 5.56 Å². The number of ether oxygens (including phenoxy) is 1. The van der Waals surface area contributed by atoms with Crippen LogP contribution in [0.15, 0.2) is 47.7 Å². The summed E-state index contributed by atoms with van der Waals surface area (Å²) in [7, 11) is 4.45. The highest BCUT2D eigenvalue weighted by molar-refractivity contribution is 5.96. The van der Waals surface area contributed by atoms with Crippen LogP contribution in [0.1, 0.15) is 38.1 Å². The van der Waals surface area contributed by atoms with Crippen molar-refractivity contribution in [1.29, 1.82) is 0 Å². The van der Waals surface area contributed by atoms with Crippen LogP contribution >= 0.6 is 0 Å². The standard InChI is InChI=1S/C27H35N7O5/c1-17(2)13-18-14-28-15-21-24(18)32-22(29-21)16-34-12-8-10-20(26(34)37)30-25(36)19(31-27(38)39-5)9-6-7-11-23(35)33(3)4/h7-8,10-12,14-15,17,19H,6,9,13,16H2,1-5H3,(H,29,32)(H,30,36)(H,31,38)/b11-7+/t19-/m0/s1. The summed E-state index contributed by atoms with van der Waals surface area (Å²) in [5.74, 6) is 0.238. The summed E-state index contributed by atoms with van der Waals surface area (Å²) in [4.78, 5) is 63.3. The molecule has 0 unspecified atom stereocenters. The number of hydrogen-bond donors (Lipinski definition) is 3. The van der Waals surface area contributed by atoms with E-state index >= 15 is 0 Å². The maximum atomic E-state index is 13.2. The van der Waals surface area contributed by atoms with Gasteiger partial charge < -0.3 is 29.8 Å². The van der Waals surface area contributed by atoms with Crippen molar-refractivity contribution in [3.05, 3.63) is 64.6 Å². The van der Waals surface area contributed by atoms with Crippen LogP contribution in [0.25, 0.3) is 11.0 Å². The van der Waals surface area contributed by atoms with Crippen LogP contribution in [-0.2, 0) is 27.3 Å². The van der Waals surface area contributed by atoms with Crippen LogP contribution in [0.2, 0.25) is 0 Å². The van der Waals surface area contributed by atoms with E-state index in [0.717, 1.165) is 23.0 Å². The van der Waals surface area contributed by atoms with Gasteiger partial charge in [0.05, 0.1) is 30.9 Å². The lowest BCUT2D eigenvalue weighted by molar-refractivity contribution is -0.123. The normalized spacial score (nSPS) is 12.1. The fourth-order valence-electron chi connectivity index (χ4n) is 3.91. The Bertz CT molecular complexity index is 1410.